The topological polar surface area (TPSA) is 77.5 Å². The van der Waals surface area contributed by atoms with Crippen molar-refractivity contribution in [1.82, 2.24) is 4.98 Å². The minimum absolute atomic E-state index is 0.231. The Morgan fingerprint density at radius 1 is 1.11 bits per heavy atom. The number of fused-ring (bicyclic) bond motifs is 1. The predicted octanol–water partition coefficient (Wildman–Crippen LogP) is 4.90. The summed E-state index contributed by atoms with van der Waals surface area (Å²) in [6, 6.07) is 10.6. The molecule has 0 radical (unpaired) electrons. The molecule has 0 spiro atoms. The molecule has 0 saturated carbocycles. The average Bonchev–Trinajstić information content (AvgIpc) is 2.70. The van der Waals surface area contributed by atoms with Crippen molar-refractivity contribution in [3.05, 3.63) is 64.3 Å². The van der Waals surface area contributed by atoms with Gasteiger partial charge in [0.25, 0.3) is 0 Å². The number of anilines is 2. The van der Waals surface area contributed by atoms with Crippen LogP contribution in [0.25, 0.3) is 10.9 Å². The zero-order valence-electron chi connectivity index (χ0n) is 15.7. The summed E-state index contributed by atoms with van der Waals surface area (Å²) in [4.78, 5) is 29.0. The molecule has 144 valence electrons. The second-order valence-corrected chi connectivity index (χ2v) is 6.41. The van der Waals surface area contributed by atoms with Gasteiger partial charge in [-0.05, 0) is 37.6 Å². The molecule has 7 heteroatoms. The Morgan fingerprint density at radius 3 is 2.57 bits per heavy atom. The van der Waals surface area contributed by atoms with Gasteiger partial charge in [0.2, 0.25) is 0 Å². The fourth-order valence-electron chi connectivity index (χ4n) is 2.87. The van der Waals surface area contributed by atoms with Gasteiger partial charge in [-0.1, -0.05) is 29.8 Å². The number of rotatable bonds is 5. The van der Waals surface area contributed by atoms with Crippen LogP contribution >= 0.6 is 11.6 Å². The highest BCUT2D eigenvalue weighted by molar-refractivity contribution is 6.31. The zero-order chi connectivity index (χ0) is 20.3. The van der Waals surface area contributed by atoms with Crippen molar-refractivity contribution in [3.8, 4) is 0 Å². The van der Waals surface area contributed by atoms with Gasteiger partial charge >= 0.3 is 11.9 Å². The number of pyridine rings is 1. The van der Waals surface area contributed by atoms with Gasteiger partial charge in [0, 0.05) is 22.3 Å². The number of hydrogen-bond donors (Lipinski definition) is 1. The van der Waals surface area contributed by atoms with Crippen LogP contribution in [0.5, 0.6) is 0 Å². The Kier molecular flexibility index (Phi) is 5.80. The number of ether oxygens (including phenoxy) is 2. The van der Waals surface area contributed by atoms with Crippen molar-refractivity contribution in [3.63, 3.8) is 0 Å². The van der Waals surface area contributed by atoms with Crippen molar-refractivity contribution in [2.75, 3.05) is 19.0 Å². The molecular formula is C21H19ClN2O4. The van der Waals surface area contributed by atoms with Crippen molar-refractivity contribution in [2.24, 2.45) is 0 Å². The van der Waals surface area contributed by atoms with E-state index in [0.29, 0.717) is 27.2 Å². The number of esters is 2. The Hall–Kier alpha value is -3.12. The number of hydrogen-bond acceptors (Lipinski definition) is 6. The number of carbonyl (C=O) groups is 2. The van der Waals surface area contributed by atoms with E-state index in [1.54, 1.807) is 31.2 Å². The molecule has 6 nitrogen and oxygen atoms in total. The third-order valence-electron chi connectivity index (χ3n) is 4.33. The van der Waals surface area contributed by atoms with E-state index in [0.717, 1.165) is 11.3 Å². The van der Waals surface area contributed by atoms with Crippen LogP contribution in [0.3, 0.4) is 0 Å². The van der Waals surface area contributed by atoms with E-state index in [1.807, 2.05) is 19.1 Å². The Balaban J connectivity index is 2.26. The van der Waals surface area contributed by atoms with Gasteiger partial charge < -0.3 is 14.8 Å². The maximum atomic E-state index is 12.5. The van der Waals surface area contributed by atoms with E-state index in [2.05, 4.69) is 10.3 Å². The Labute approximate surface area is 167 Å². The summed E-state index contributed by atoms with van der Waals surface area (Å²) < 4.78 is 10.0. The molecule has 1 heterocycles. The normalized spacial score (nSPS) is 10.6. The van der Waals surface area contributed by atoms with Crippen LogP contribution in [0.4, 0.5) is 11.4 Å². The molecule has 2 aromatic carbocycles. The number of nitrogens with one attached hydrogen (secondary N) is 1. The van der Waals surface area contributed by atoms with Gasteiger partial charge in [0.1, 0.15) is 5.56 Å². The highest BCUT2D eigenvalue weighted by Crippen LogP contribution is 2.33. The first-order valence-corrected chi connectivity index (χ1v) is 9.05. The molecule has 0 aliphatic carbocycles. The van der Waals surface area contributed by atoms with Crippen LogP contribution in [0, 0.1) is 6.92 Å². The summed E-state index contributed by atoms with van der Waals surface area (Å²) in [5.41, 5.74) is 3.03. The van der Waals surface area contributed by atoms with Gasteiger partial charge in [-0.25, -0.2) is 9.59 Å². The highest BCUT2D eigenvalue weighted by Gasteiger charge is 2.21. The number of nitrogens with zero attached hydrogens (tertiary/aromatic N) is 1. The monoisotopic (exact) mass is 398 g/mol. The summed E-state index contributed by atoms with van der Waals surface area (Å²) in [5, 5.41) is 4.46. The van der Waals surface area contributed by atoms with Crippen LogP contribution in [0.1, 0.15) is 33.2 Å². The van der Waals surface area contributed by atoms with E-state index in [1.165, 1.54) is 13.3 Å². The molecule has 1 N–H and O–H groups in total. The molecule has 0 saturated heterocycles. The molecule has 0 fully saturated rings. The quantitative estimate of drug-likeness (QED) is 0.615. The molecule has 0 bridgehead atoms. The van der Waals surface area contributed by atoms with Crippen molar-refractivity contribution < 1.29 is 19.1 Å². The first kappa shape index (κ1) is 19.6. The molecule has 3 aromatic rings. The number of methoxy groups -OCH3 is 1. The van der Waals surface area contributed by atoms with Gasteiger partial charge in [-0.2, -0.15) is 0 Å². The summed E-state index contributed by atoms with van der Waals surface area (Å²) in [7, 11) is 1.31. The van der Waals surface area contributed by atoms with Crippen LogP contribution in [-0.4, -0.2) is 30.6 Å². The minimum atomic E-state index is -0.512. The SMILES string of the molecule is CCOC(=O)c1cnc2c(C(=O)OC)cccc2c1Nc1cccc(Cl)c1C. The standard InChI is InChI=1S/C21H19ClN2O4/c1-4-28-21(26)15-11-23-18-13(7-5-8-14(18)20(25)27-3)19(15)24-17-10-6-9-16(22)12(17)2/h5-11H,4H2,1-3H3,(H,23,24). The van der Waals surface area contributed by atoms with Gasteiger partial charge in [-0.3, -0.25) is 4.98 Å². The Bertz CT molecular complexity index is 1070. The summed E-state index contributed by atoms with van der Waals surface area (Å²) in [6.45, 7) is 3.84. The number of halogens is 1. The van der Waals surface area contributed by atoms with Crippen molar-refractivity contribution >= 4 is 45.8 Å². The predicted molar refractivity (Wildman–Crippen MR) is 109 cm³/mol. The molecule has 0 unspecified atom stereocenters. The number of benzene rings is 2. The second kappa shape index (κ2) is 8.27. The summed E-state index contributed by atoms with van der Waals surface area (Å²) >= 11 is 6.23. The van der Waals surface area contributed by atoms with Crippen LogP contribution < -0.4 is 5.32 Å². The second-order valence-electron chi connectivity index (χ2n) is 6.00. The molecule has 3 rings (SSSR count). The van der Waals surface area contributed by atoms with E-state index < -0.39 is 11.9 Å². The largest absolute Gasteiger partial charge is 0.465 e. The molecule has 28 heavy (non-hydrogen) atoms. The number of carbonyl (C=O) groups excluding carboxylic acids is 2. The number of aromatic nitrogens is 1. The van der Waals surface area contributed by atoms with Gasteiger partial charge in [0.05, 0.1) is 30.5 Å². The highest BCUT2D eigenvalue weighted by atomic mass is 35.5. The first-order valence-electron chi connectivity index (χ1n) is 8.67. The van der Waals surface area contributed by atoms with E-state index >= 15 is 0 Å². The lowest BCUT2D eigenvalue weighted by Gasteiger charge is -2.17. The third-order valence-corrected chi connectivity index (χ3v) is 4.73. The fourth-order valence-corrected chi connectivity index (χ4v) is 3.05. The van der Waals surface area contributed by atoms with E-state index in [9.17, 15) is 9.59 Å². The first-order chi connectivity index (χ1) is 13.5. The van der Waals surface area contributed by atoms with Crippen molar-refractivity contribution in [2.45, 2.75) is 13.8 Å². The minimum Gasteiger partial charge on any atom is -0.465 e. The lowest BCUT2D eigenvalue weighted by atomic mass is 10.0. The summed E-state index contributed by atoms with van der Waals surface area (Å²) in [6.07, 6.45) is 1.40. The third kappa shape index (κ3) is 3.64. The van der Waals surface area contributed by atoms with Crippen LogP contribution in [0.15, 0.2) is 42.6 Å². The smallest absolute Gasteiger partial charge is 0.341 e. The van der Waals surface area contributed by atoms with Gasteiger partial charge in [-0.15, -0.1) is 0 Å². The summed E-state index contributed by atoms with van der Waals surface area (Å²) in [5.74, 6) is -1.02. The van der Waals surface area contributed by atoms with E-state index in [-0.39, 0.29) is 12.2 Å². The zero-order valence-corrected chi connectivity index (χ0v) is 16.5. The van der Waals surface area contributed by atoms with Gasteiger partial charge in [0.15, 0.2) is 0 Å². The maximum Gasteiger partial charge on any atom is 0.341 e. The lowest BCUT2D eigenvalue weighted by molar-refractivity contribution is 0.0526. The van der Waals surface area contributed by atoms with E-state index in [4.69, 9.17) is 21.1 Å². The molecule has 0 amide bonds. The van der Waals surface area contributed by atoms with Crippen molar-refractivity contribution in [1.29, 1.82) is 0 Å². The average molecular weight is 399 g/mol. The molecular weight excluding hydrogens is 380 g/mol. The molecule has 0 atom stereocenters. The fraction of sp³-hybridized carbons (Fsp3) is 0.190. The number of para-hydroxylation sites is 1. The maximum absolute atomic E-state index is 12.5. The molecule has 0 aliphatic heterocycles. The van der Waals surface area contributed by atoms with Crippen LogP contribution in [-0.2, 0) is 9.47 Å². The Morgan fingerprint density at radius 2 is 1.86 bits per heavy atom. The molecule has 0 aliphatic rings. The lowest BCUT2D eigenvalue weighted by Crippen LogP contribution is -2.11. The molecule has 1 aromatic heterocycles. The van der Waals surface area contributed by atoms with Crippen LogP contribution in [0.2, 0.25) is 5.02 Å².